The summed E-state index contributed by atoms with van der Waals surface area (Å²) in [6, 6.07) is 10.0. The molecule has 1 aliphatic heterocycles. The Morgan fingerprint density at radius 3 is 2.62 bits per heavy atom. The van der Waals surface area contributed by atoms with Crippen LogP contribution in [0.15, 0.2) is 30.3 Å². The van der Waals surface area contributed by atoms with Crippen LogP contribution in [0.25, 0.3) is 0 Å². The molecule has 7 atom stereocenters. The van der Waals surface area contributed by atoms with Crippen molar-refractivity contribution in [3.8, 4) is 0 Å². The summed E-state index contributed by atoms with van der Waals surface area (Å²) in [4.78, 5) is 0. The number of ether oxygens (including phenoxy) is 4. The minimum absolute atomic E-state index is 0.213. The minimum Gasteiger partial charge on any atom is -0.388 e. The van der Waals surface area contributed by atoms with Crippen LogP contribution in [-0.4, -0.2) is 50.0 Å². The Hall–Kier alpha value is -0.980. The van der Waals surface area contributed by atoms with E-state index in [9.17, 15) is 5.11 Å². The molecule has 29 heavy (non-hydrogen) atoms. The van der Waals surface area contributed by atoms with E-state index in [-0.39, 0.29) is 24.4 Å². The first-order chi connectivity index (χ1) is 13.9. The summed E-state index contributed by atoms with van der Waals surface area (Å²) in [6.45, 7) is 8.22. The molecule has 1 N–H and O–H groups in total. The lowest BCUT2D eigenvalue weighted by atomic mass is 9.70. The van der Waals surface area contributed by atoms with Gasteiger partial charge in [-0.05, 0) is 41.1 Å². The van der Waals surface area contributed by atoms with E-state index in [0.717, 1.165) is 12.0 Å². The second-order valence-corrected chi connectivity index (χ2v) is 9.87. The predicted octanol–water partition coefficient (Wildman–Crippen LogP) is 3.78. The highest BCUT2D eigenvalue weighted by Gasteiger charge is 2.69. The van der Waals surface area contributed by atoms with Crippen LogP contribution in [0.5, 0.6) is 0 Å². The molecular weight excluding hydrogens is 368 g/mol. The van der Waals surface area contributed by atoms with Crippen molar-refractivity contribution in [1.82, 2.24) is 0 Å². The molecule has 0 unspecified atom stereocenters. The molecule has 3 fully saturated rings. The zero-order valence-electron chi connectivity index (χ0n) is 18.2. The van der Waals surface area contributed by atoms with Crippen LogP contribution >= 0.6 is 0 Å². The van der Waals surface area contributed by atoms with E-state index < -0.39 is 12.2 Å². The highest BCUT2D eigenvalue weighted by molar-refractivity contribution is 5.16. The molecule has 0 spiro atoms. The molecule has 1 heterocycles. The van der Waals surface area contributed by atoms with Gasteiger partial charge in [0, 0.05) is 13.5 Å². The van der Waals surface area contributed by atoms with E-state index >= 15 is 0 Å². The first-order valence-electron chi connectivity index (χ1n) is 11.0. The van der Waals surface area contributed by atoms with Gasteiger partial charge in [-0.3, -0.25) is 0 Å². The molecule has 1 aromatic carbocycles. The van der Waals surface area contributed by atoms with Crippen molar-refractivity contribution < 1.29 is 24.1 Å². The van der Waals surface area contributed by atoms with Crippen LogP contribution in [0.1, 0.15) is 45.6 Å². The molecule has 0 radical (unpaired) electrons. The molecule has 0 amide bonds. The molecule has 2 bridgehead atoms. The molecule has 3 aliphatic rings. The van der Waals surface area contributed by atoms with E-state index in [0.29, 0.717) is 30.5 Å². The average molecular weight is 405 g/mol. The summed E-state index contributed by atoms with van der Waals surface area (Å²) in [5, 5.41) is 10.5. The van der Waals surface area contributed by atoms with Gasteiger partial charge in [-0.15, -0.1) is 0 Å². The Bertz CT molecular complexity index is 677. The molecule has 0 aromatic heterocycles. The maximum absolute atomic E-state index is 10.5. The van der Waals surface area contributed by atoms with Crippen molar-refractivity contribution in [3.63, 3.8) is 0 Å². The molecule has 5 heteroatoms. The van der Waals surface area contributed by atoms with Gasteiger partial charge in [-0.2, -0.15) is 0 Å². The molecule has 162 valence electrons. The third-order valence-electron chi connectivity index (χ3n) is 8.16. The van der Waals surface area contributed by atoms with Gasteiger partial charge in [0.05, 0.1) is 25.9 Å². The summed E-state index contributed by atoms with van der Waals surface area (Å²) in [7, 11) is 1.59. The van der Waals surface area contributed by atoms with Crippen LogP contribution in [0, 0.1) is 22.7 Å². The summed E-state index contributed by atoms with van der Waals surface area (Å²) >= 11 is 0. The zero-order valence-corrected chi connectivity index (χ0v) is 18.2. The molecule has 4 rings (SSSR count). The van der Waals surface area contributed by atoms with Gasteiger partial charge in [-0.25, -0.2) is 0 Å². The van der Waals surface area contributed by atoms with Crippen LogP contribution in [0.3, 0.4) is 0 Å². The summed E-state index contributed by atoms with van der Waals surface area (Å²) in [5.41, 5.74) is 1.64. The summed E-state index contributed by atoms with van der Waals surface area (Å²) in [5.74, 6) is 1.25. The monoisotopic (exact) mass is 404 g/mol. The van der Waals surface area contributed by atoms with Gasteiger partial charge in [-0.1, -0.05) is 51.1 Å². The van der Waals surface area contributed by atoms with E-state index in [1.165, 1.54) is 12.8 Å². The van der Waals surface area contributed by atoms with E-state index in [2.05, 4.69) is 20.8 Å². The van der Waals surface area contributed by atoms with Crippen LogP contribution < -0.4 is 0 Å². The fraction of sp³-hybridized carbons (Fsp3) is 0.750. The Balaban J connectivity index is 1.36. The molecule has 5 nitrogen and oxygen atoms in total. The second-order valence-electron chi connectivity index (χ2n) is 9.87. The molecule has 2 saturated carbocycles. The average Bonchev–Trinajstić information content (AvgIpc) is 3.26. The fourth-order valence-corrected chi connectivity index (χ4v) is 6.15. The van der Waals surface area contributed by atoms with E-state index in [4.69, 9.17) is 18.9 Å². The topological polar surface area (TPSA) is 57.2 Å². The number of rotatable bonds is 9. The summed E-state index contributed by atoms with van der Waals surface area (Å²) < 4.78 is 23.7. The first-order valence-corrected chi connectivity index (χ1v) is 11.0. The Labute approximate surface area is 174 Å². The Morgan fingerprint density at radius 2 is 1.93 bits per heavy atom. The fourth-order valence-electron chi connectivity index (χ4n) is 6.15. The minimum atomic E-state index is -0.747. The van der Waals surface area contributed by atoms with Gasteiger partial charge in [0.15, 0.2) is 6.29 Å². The first kappa shape index (κ1) is 21.3. The van der Waals surface area contributed by atoms with Gasteiger partial charge in [0.1, 0.15) is 12.2 Å². The standard InChI is InChI=1S/C24H36O5/c1-23(2)18-10-11-24(23,3)22-17(18)12-21(29-22)28-20(19(25)14-26-4)15-27-13-16-8-6-5-7-9-16/h5-9,17-22,25H,10-15H2,1-4H3/t17-,18+,19+,20-,21-,22-,24-/m0/s1. The number of methoxy groups -OCH3 is 1. The third kappa shape index (κ3) is 3.77. The second kappa shape index (κ2) is 8.27. The van der Waals surface area contributed by atoms with Crippen LogP contribution in [-0.2, 0) is 25.6 Å². The summed E-state index contributed by atoms with van der Waals surface area (Å²) in [6.07, 6.45) is 2.18. The lowest BCUT2D eigenvalue weighted by molar-refractivity contribution is -0.217. The lowest BCUT2D eigenvalue weighted by Crippen LogP contribution is -2.41. The van der Waals surface area contributed by atoms with Crippen LogP contribution in [0.2, 0.25) is 0 Å². The Kier molecular flexibility index (Phi) is 6.07. The molecule has 1 saturated heterocycles. The highest BCUT2D eigenvalue weighted by Crippen LogP contribution is 2.71. The number of hydrogen-bond acceptors (Lipinski definition) is 5. The number of aliphatic hydroxyl groups excluding tert-OH is 1. The number of aliphatic hydroxyl groups is 1. The van der Waals surface area contributed by atoms with Crippen molar-refractivity contribution in [3.05, 3.63) is 35.9 Å². The maximum atomic E-state index is 10.5. The van der Waals surface area contributed by atoms with E-state index in [1.807, 2.05) is 30.3 Å². The van der Waals surface area contributed by atoms with Crippen molar-refractivity contribution in [1.29, 1.82) is 0 Å². The van der Waals surface area contributed by atoms with Crippen molar-refractivity contribution >= 4 is 0 Å². The van der Waals surface area contributed by atoms with Crippen molar-refractivity contribution in [2.24, 2.45) is 22.7 Å². The van der Waals surface area contributed by atoms with Gasteiger partial charge in [0.2, 0.25) is 0 Å². The van der Waals surface area contributed by atoms with Gasteiger partial charge < -0.3 is 24.1 Å². The Morgan fingerprint density at radius 1 is 1.17 bits per heavy atom. The molecular formula is C24H36O5. The van der Waals surface area contributed by atoms with Crippen molar-refractivity contribution in [2.45, 2.75) is 71.2 Å². The van der Waals surface area contributed by atoms with Crippen LogP contribution in [0.4, 0.5) is 0 Å². The van der Waals surface area contributed by atoms with Crippen molar-refractivity contribution in [2.75, 3.05) is 20.3 Å². The quantitative estimate of drug-likeness (QED) is 0.679. The van der Waals surface area contributed by atoms with Gasteiger partial charge in [0.25, 0.3) is 0 Å². The molecule has 1 aromatic rings. The smallest absolute Gasteiger partial charge is 0.158 e. The van der Waals surface area contributed by atoms with Gasteiger partial charge >= 0.3 is 0 Å². The predicted molar refractivity (Wildman–Crippen MR) is 110 cm³/mol. The third-order valence-corrected chi connectivity index (χ3v) is 8.16. The zero-order chi connectivity index (χ0) is 20.6. The number of hydrogen-bond donors (Lipinski definition) is 1. The number of fused-ring (bicyclic) bond motifs is 5. The SMILES string of the molecule is COC[C@@H](O)[C@H](COCc1ccccc1)O[C@@H]1C[C@H]2[C@H]3CC[C@@](C)([C@H]2O1)C3(C)C. The highest BCUT2D eigenvalue weighted by atomic mass is 16.7. The largest absolute Gasteiger partial charge is 0.388 e. The lowest BCUT2D eigenvalue weighted by Gasteiger charge is -2.39. The maximum Gasteiger partial charge on any atom is 0.158 e. The molecule has 2 aliphatic carbocycles. The number of benzene rings is 1. The van der Waals surface area contributed by atoms with E-state index in [1.54, 1.807) is 7.11 Å². The normalized spacial score (nSPS) is 36.9.